The SMILES string of the molecule is Cc1ccc(NC(=O)C2CCN(c3cnn(C)c(=O)c3)CC2)cc1. The monoisotopic (exact) mass is 326 g/mol. The van der Waals surface area contributed by atoms with Crippen LogP contribution in [0.15, 0.2) is 41.3 Å². The topological polar surface area (TPSA) is 67.2 Å². The smallest absolute Gasteiger partial charge is 0.268 e. The summed E-state index contributed by atoms with van der Waals surface area (Å²) in [6, 6.07) is 9.42. The zero-order valence-electron chi connectivity index (χ0n) is 14.0. The molecule has 1 fully saturated rings. The number of nitrogens with one attached hydrogen (secondary N) is 1. The van der Waals surface area contributed by atoms with E-state index in [0.29, 0.717) is 0 Å². The number of amides is 1. The van der Waals surface area contributed by atoms with Crippen molar-refractivity contribution in [3.05, 3.63) is 52.4 Å². The van der Waals surface area contributed by atoms with Crippen molar-refractivity contribution >= 4 is 17.3 Å². The van der Waals surface area contributed by atoms with E-state index in [1.165, 1.54) is 10.2 Å². The van der Waals surface area contributed by atoms with Gasteiger partial charge in [-0.25, -0.2) is 4.68 Å². The van der Waals surface area contributed by atoms with Crippen molar-refractivity contribution in [3.63, 3.8) is 0 Å². The molecule has 0 bridgehead atoms. The van der Waals surface area contributed by atoms with Crippen LogP contribution in [0.25, 0.3) is 0 Å². The standard InChI is InChI=1S/C18H22N4O2/c1-13-3-5-15(6-4-13)20-18(24)14-7-9-22(10-8-14)16-11-17(23)21(2)19-12-16/h3-6,11-12,14H,7-10H2,1-2H3,(H,20,24). The van der Waals surface area contributed by atoms with Gasteiger partial charge in [0.25, 0.3) is 5.56 Å². The maximum Gasteiger partial charge on any atom is 0.268 e. The van der Waals surface area contributed by atoms with Crippen molar-refractivity contribution in [3.8, 4) is 0 Å². The number of rotatable bonds is 3. The first-order chi connectivity index (χ1) is 11.5. The molecule has 0 atom stereocenters. The maximum absolute atomic E-state index is 12.4. The van der Waals surface area contributed by atoms with Crippen LogP contribution in [0.2, 0.25) is 0 Å². The van der Waals surface area contributed by atoms with Gasteiger partial charge >= 0.3 is 0 Å². The summed E-state index contributed by atoms with van der Waals surface area (Å²) in [4.78, 5) is 26.2. The Morgan fingerprint density at radius 3 is 2.50 bits per heavy atom. The van der Waals surface area contributed by atoms with Crippen molar-refractivity contribution < 1.29 is 4.79 Å². The van der Waals surface area contributed by atoms with Gasteiger partial charge in [0.2, 0.25) is 5.91 Å². The van der Waals surface area contributed by atoms with Crippen LogP contribution < -0.4 is 15.8 Å². The molecule has 2 heterocycles. The first-order valence-electron chi connectivity index (χ1n) is 8.19. The second kappa shape index (κ2) is 6.86. The van der Waals surface area contributed by atoms with Gasteiger partial charge in [-0.15, -0.1) is 0 Å². The van der Waals surface area contributed by atoms with Crippen LogP contribution in [-0.2, 0) is 11.8 Å². The van der Waals surface area contributed by atoms with Crippen LogP contribution in [0.4, 0.5) is 11.4 Å². The Kier molecular flexibility index (Phi) is 4.64. The van der Waals surface area contributed by atoms with E-state index < -0.39 is 0 Å². The van der Waals surface area contributed by atoms with Crippen LogP contribution in [0.3, 0.4) is 0 Å². The number of benzene rings is 1. The zero-order chi connectivity index (χ0) is 17.1. The Morgan fingerprint density at radius 2 is 1.88 bits per heavy atom. The summed E-state index contributed by atoms with van der Waals surface area (Å²) in [5.41, 5.74) is 2.72. The molecule has 24 heavy (non-hydrogen) atoms. The van der Waals surface area contributed by atoms with E-state index in [0.717, 1.165) is 37.3 Å². The Balaban J connectivity index is 1.58. The Morgan fingerprint density at radius 1 is 1.21 bits per heavy atom. The second-order valence-corrected chi connectivity index (χ2v) is 6.29. The van der Waals surface area contributed by atoms with Gasteiger partial charge in [-0.1, -0.05) is 17.7 Å². The highest BCUT2D eigenvalue weighted by Gasteiger charge is 2.25. The van der Waals surface area contributed by atoms with E-state index in [-0.39, 0.29) is 17.4 Å². The highest BCUT2D eigenvalue weighted by atomic mass is 16.2. The van der Waals surface area contributed by atoms with Gasteiger partial charge in [0, 0.05) is 37.8 Å². The van der Waals surface area contributed by atoms with E-state index in [4.69, 9.17) is 0 Å². The molecule has 1 aromatic carbocycles. The molecule has 126 valence electrons. The normalized spacial score (nSPS) is 15.3. The number of aryl methyl sites for hydroxylation is 2. The number of nitrogens with zero attached hydrogens (tertiary/aromatic N) is 3. The van der Waals surface area contributed by atoms with Crippen molar-refractivity contribution in [2.45, 2.75) is 19.8 Å². The summed E-state index contributed by atoms with van der Waals surface area (Å²) in [5.74, 6) is 0.0719. The molecule has 1 amide bonds. The van der Waals surface area contributed by atoms with Crippen LogP contribution >= 0.6 is 0 Å². The van der Waals surface area contributed by atoms with Crippen LogP contribution in [0, 0.1) is 12.8 Å². The first kappa shape index (κ1) is 16.2. The highest BCUT2D eigenvalue weighted by molar-refractivity contribution is 5.92. The molecule has 3 rings (SSSR count). The van der Waals surface area contributed by atoms with Crippen molar-refractivity contribution in [2.24, 2.45) is 13.0 Å². The van der Waals surface area contributed by atoms with Gasteiger partial charge in [0.15, 0.2) is 0 Å². The lowest BCUT2D eigenvalue weighted by atomic mass is 9.95. The third kappa shape index (κ3) is 3.64. The fourth-order valence-corrected chi connectivity index (χ4v) is 2.91. The Bertz CT molecular complexity index is 774. The molecule has 0 saturated carbocycles. The molecular formula is C18H22N4O2. The van der Waals surface area contributed by atoms with Crippen LogP contribution in [-0.4, -0.2) is 28.8 Å². The molecule has 6 heteroatoms. The number of aromatic nitrogens is 2. The molecule has 1 aromatic heterocycles. The number of hydrogen-bond acceptors (Lipinski definition) is 4. The van der Waals surface area contributed by atoms with Crippen LogP contribution in [0.5, 0.6) is 0 Å². The molecule has 0 spiro atoms. The quantitative estimate of drug-likeness (QED) is 0.936. The average molecular weight is 326 g/mol. The van der Waals surface area contributed by atoms with Crippen molar-refractivity contribution in [1.82, 2.24) is 9.78 Å². The van der Waals surface area contributed by atoms with Crippen molar-refractivity contribution in [1.29, 1.82) is 0 Å². The fourth-order valence-electron chi connectivity index (χ4n) is 2.91. The summed E-state index contributed by atoms with van der Waals surface area (Å²) in [5, 5.41) is 7.04. The summed E-state index contributed by atoms with van der Waals surface area (Å²) >= 11 is 0. The van der Waals surface area contributed by atoms with Crippen molar-refractivity contribution in [2.75, 3.05) is 23.3 Å². The third-order valence-electron chi connectivity index (χ3n) is 4.50. The predicted molar refractivity (Wildman–Crippen MR) is 94.2 cm³/mol. The molecule has 1 aliphatic rings. The number of carbonyl (C=O) groups excluding carboxylic acids is 1. The summed E-state index contributed by atoms with van der Waals surface area (Å²) in [6.07, 6.45) is 3.24. The first-order valence-corrected chi connectivity index (χ1v) is 8.19. The summed E-state index contributed by atoms with van der Waals surface area (Å²) in [6.45, 7) is 3.52. The molecule has 1 aliphatic heterocycles. The predicted octanol–water partition coefficient (Wildman–Crippen LogP) is 1.94. The van der Waals surface area contributed by atoms with Gasteiger partial charge in [0.05, 0.1) is 11.9 Å². The van der Waals surface area contributed by atoms with E-state index in [2.05, 4.69) is 15.3 Å². The minimum Gasteiger partial charge on any atom is -0.370 e. The van der Waals surface area contributed by atoms with E-state index in [1.807, 2.05) is 31.2 Å². The molecule has 6 nitrogen and oxygen atoms in total. The summed E-state index contributed by atoms with van der Waals surface area (Å²) < 4.78 is 1.31. The van der Waals surface area contributed by atoms with Gasteiger partial charge < -0.3 is 10.2 Å². The van der Waals surface area contributed by atoms with E-state index in [1.54, 1.807) is 19.3 Å². The number of anilines is 2. The largest absolute Gasteiger partial charge is 0.370 e. The Labute approximate surface area is 141 Å². The zero-order valence-corrected chi connectivity index (χ0v) is 14.0. The second-order valence-electron chi connectivity index (χ2n) is 6.29. The fraction of sp³-hybridized carbons (Fsp3) is 0.389. The van der Waals surface area contributed by atoms with Gasteiger partial charge in [-0.05, 0) is 31.9 Å². The molecule has 0 unspecified atom stereocenters. The minimum absolute atomic E-state index is 0.00191. The number of piperidine rings is 1. The van der Waals surface area contributed by atoms with Gasteiger partial charge in [-0.2, -0.15) is 5.10 Å². The Hall–Kier alpha value is -2.63. The lowest BCUT2D eigenvalue weighted by Crippen LogP contribution is -2.39. The van der Waals surface area contributed by atoms with Crippen LogP contribution in [0.1, 0.15) is 18.4 Å². The number of hydrogen-bond donors (Lipinski definition) is 1. The molecule has 0 aliphatic carbocycles. The third-order valence-corrected chi connectivity index (χ3v) is 4.50. The molecule has 1 saturated heterocycles. The summed E-state index contributed by atoms with van der Waals surface area (Å²) in [7, 11) is 1.63. The molecular weight excluding hydrogens is 304 g/mol. The lowest BCUT2D eigenvalue weighted by Gasteiger charge is -2.32. The molecule has 1 N–H and O–H groups in total. The molecule has 2 aromatic rings. The van der Waals surface area contributed by atoms with Gasteiger partial charge in [0.1, 0.15) is 0 Å². The minimum atomic E-state index is -0.119. The van der Waals surface area contributed by atoms with Gasteiger partial charge in [-0.3, -0.25) is 9.59 Å². The maximum atomic E-state index is 12.4. The number of carbonyl (C=O) groups is 1. The van der Waals surface area contributed by atoms with E-state index in [9.17, 15) is 9.59 Å². The highest BCUT2D eigenvalue weighted by Crippen LogP contribution is 2.23. The molecule has 0 radical (unpaired) electrons. The lowest BCUT2D eigenvalue weighted by molar-refractivity contribution is -0.120. The van der Waals surface area contributed by atoms with E-state index >= 15 is 0 Å². The average Bonchev–Trinajstić information content (AvgIpc) is 2.59.